The number of aryl methyl sites for hydroxylation is 1. The van der Waals surface area contributed by atoms with Crippen LogP contribution >= 0.6 is 0 Å². The SMILES string of the molecule is Cn1nc(N2CCC(=O)NC2=O)c2ccc(C3CCN(CC4(O)CCN(c5ccccc5C#N)CC4)CC3)cc21. The molecule has 10 heteroatoms. The number of anilines is 2. The van der Waals surface area contributed by atoms with Crippen molar-refractivity contribution in [3.63, 3.8) is 0 Å². The van der Waals surface area contributed by atoms with Gasteiger partial charge in [0.25, 0.3) is 0 Å². The average Bonchev–Trinajstić information content (AvgIpc) is 3.29. The number of fused-ring (bicyclic) bond motifs is 1. The van der Waals surface area contributed by atoms with E-state index in [1.54, 1.807) is 4.90 Å². The van der Waals surface area contributed by atoms with Gasteiger partial charge in [0.2, 0.25) is 5.91 Å². The molecule has 40 heavy (non-hydrogen) atoms. The normalized spacial score (nSPS) is 20.5. The van der Waals surface area contributed by atoms with E-state index in [2.05, 4.69) is 38.4 Å². The summed E-state index contributed by atoms with van der Waals surface area (Å²) in [5.74, 6) is 0.752. The lowest BCUT2D eigenvalue weighted by Gasteiger charge is -2.43. The van der Waals surface area contributed by atoms with Gasteiger partial charge in [-0.1, -0.05) is 18.2 Å². The summed E-state index contributed by atoms with van der Waals surface area (Å²) in [7, 11) is 1.89. The van der Waals surface area contributed by atoms with Crippen molar-refractivity contribution < 1.29 is 14.7 Å². The summed E-state index contributed by atoms with van der Waals surface area (Å²) >= 11 is 0. The predicted molar refractivity (Wildman–Crippen MR) is 152 cm³/mol. The number of carbonyl (C=O) groups excluding carboxylic acids is 2. The molecule has 0 unspecified atom stereocenters. The first-order valence-electron chi connectivity index (χ1n) is 14.1. The fourth-order valence-electron chi connectivity index (χ4n) is 6.48. The second-order valence-electron chi connectivity index (χ2n) is 11.4. The average molecular weight is 542 g/mol. The van der Waals surface area contributed by atoms with Gasteiger partial charge in [0.1, 0.15) is 6.07 Å². The molecule has 208 valence electrons. The van der Waals surface area contributed by atoms with Crippen molar-refractivity contribution in [1.82, 2.24) is 20.0 Å². The highest BCUT2D eigenvalue weighted by Crippen LogP contribution is 2.35. The third-order valence-electron chi connectivity index (χ3n) is 8.80. The van der Waals surface area contributed by atoms with Crippen LogP contribution in [0.1, 0.15) is 49.1 Å². The van der Waals surface area contributed by atoms with E-state index in [0.29, 0.717) is 43.2 Å². The maximum Gasteiger partial charge on any atom is 0.329 e. The van der Waals surface area contributed by atoms with E-state index >= 15 is 0 Å². The Kier molecular flexibility index (Phi) is 6.94. The van der Waals surface area contributed by atoms with E-state index in [0.717, 1.165) is 55.6 Å². The summed E-state index contributed by atoms with van der Waals surface area (Å²) in [5.41, 5.74) is 3.17. The number of urea groups is 1. The molecule has 3 aliphatic heterocycles. The molecular formula is C30H35N7O3. The van der Waals surface area contributed by atoms with Gasteiger partial charge in [-0.3, -0.25) is 19.7 Å². The number of piperidine rings is 2. The Labute approximate surface area is 233 Å². The molecule has 3 fully saturated rings. The molecular weight excluding hydrogens is 506 g/mol. The van der Waals surface area contributed by atoms with Gasteiger partial charge in [-0.2, -0.15) is 10.4 Å². The zero-order chi connectivity index (χ0) is 27.9. The number of amides is 3. The summed E-state index contributed by atoms with van der Waals surface area (Å²) in [5, 5.41) is 28.7. The van der Waals surface area contributed by atoms with Crippen molar-refractivity contribution in [2.45, 2.75) is 43.6 Å². The first-order chi connectivity index (χ1) is 19.3. The number of hydrogen-bond acceptors (Lipinski definition) is 7. The van der Waals surface area contributed by atoms with Gasteiger partial charge < -0.3 is 14.9 Å². The van der Waals surface area contributed by atoms with Crippen LogP contribution in [-0.2, 0) is 11.8 Å². The van der Waals surface area contributed by atoms with Crippen LogP contribution in [0.15, 0.2) is 42.5 Å². The van der Waals surface area contributed by atoms with Crippen LogP contribution in [0.5, 0.6) is 0 Å². The van der Waals surface area contributed by atoms with Crippen LogP contribution in [-0.4, -0.2) is 76.6 Å². The fraction of sp³-hybridized carbons (Fsp3) is 0.467. The van der Waals surface area contributed by atoms with E-state index in [-0.39, 0.29) is 12.3 Å². The van der Waals surface area contributed by atoms with Crippen molar-refractivity contribution in [3.05, 3.63) is 53.6 Å². The molecule has 2 aromatic carbocycles. The predicted octanol–water partition coefficient (Wildman–Crippen LogP) is 3.10. The number of rotatable bonds is 5. The highest BCUT2D eigenvalue weighted by Gasteiger charge is 2.36. The molecule has 3 aliphatic rings. The smallest absolute Gasteiger partial charge is 0.329 e. The summed E-state index contributed by atoms with van der Waals surface area (Å²) in [6.07, 6.45) is 3.68. The Morgan fingerprint density at radius 2 is 1.82 bits per heavy atom. The first kappa shape index (κ1) is 26.3. The molecule has 0 radical (unpaired) electrons. The Balaban J connectivity index is 1.07. The van der Waals surface area contributed by atoms with E-state index in [1.165, 1.54) is 5.56 Å². The number of β-amino-alcohol motifs (C(OH)–C–C–N with tert-alkyl or cyclic N) is 1. The highest BCUT2D eigenvalue weighted by molar-refractivity contribution is 6.08. The third kappa shape index (κ3) is 5.03. The van der Waals surface area contributed by atoms with Gasteiger partial charge >= 0.3 is 6.03 Å². The number of hydrogen-bond donors (Lipinski definition) is 2. The number of likely N-dealkylation sites (tertiary alicyclic amines) is 1. The van der Waals surface area contributed by atoms with E-state index < -0.39 is 11.6 Å². The van der Waals surface area contributed by atoms with Crippen molar-refractivity contribution in [2.24, 2.45) is 7.05 Å². The summed E-state index contributed by atoms with van der Waals surface area (Å²) < 4.78 is 1.81. The topological polar surface area (TPSA) is 118 Å². The first-order valence-corrected chi connectivity index (χ1v) is 14.1. The maximum absolute atomic E-state index is 12.4. The maximum atomic E-state index is 12.4. The molecule has 0 bridgehead atoms. The molecule has 1 aromatic heterocycles. The summed E-state index contributed by atoms with van der Waals surface area (Å²) in [6, 6.07) is 15.9. The van der Waals surface area contributed by atoms with Crippen LogP contribution in [0.3, 0.4) is 0 Å². The number of nitrogens with one attached hydrogen (secondary N) is 1. The number of imide groups is 1. The fourth-order valence-corrected chi connectivity index (χ4v) is 6.48. The number of aliphatic hydroxyl groups is 1. The van der Waals surface area contributed by atoms with Crippen molar-refractivity contribution >= 4 is 34.3 Å². The lowest BCUT2D eigenvalue weighted by molar-refractivity contribution is -0.120. The molecule has 6 rings (SSSR count). The molecule has 0 atom stereocenters. The highest BCUT2D eigenvalue weighted by atomic mass is 16.3. The summed E-state index contributed by atoms with van der Waals surface area (Å²) in [6.45, 7) is 4.36. The number of carbonyl (C=O) groups is 2. The van der Waals surface area contributed by atoms with E-state index in [4.69, 9.17) is 0 Å². The lowest BCUT2D eigenvalue weighted by atomic mass is 9.86. The number of nitriles is 1. The van der Waals surface area contributed by atoms with E-state index in [9.17, 15) is 20.0 Å². The van der Waals surface area contributed by atoms with Crippen molar-refractivity contribution in [3.8, 4) is 6.07 Å². The van der Waals surface area contributed by atoms with Crippen LogP contribution in [0.2, 0.25) is 0 Å². The zero-order valence-electron chi connectivity index (χ0n) is 22.8. The number of benzene rings is 2. The Morgan fingerprint density at radius 3 is 2.55 bits per heavy atom. The minimum Gasteiger partial charge on any atom is -0.388 e. The molecule has 4 heterocycles. The Morgan fingerprint density at radius 1 is 1.07 bits per heavy atom. The minimum atomic E-state index is -0.708. The standard InChI is InChI=1S/C30H35N7O3/c1-34-26-18-22(6-7-24(26)28(33-34)37-15-10-27(38)32-29(37)39)21-8-13-35(14-9-21)20-30(40)11-16-36(17-12-30)25-5-3-2-4-23(25)19-31/h2-7,18,21,40H,8-17,20H2,1H3,(H,32,38,39). The van der Waals surface area contributed by atoms with Gasteiger partial charge in [-0.15, -0.1) is 0 Å². The molecule has 2 N–H and O–H groups in total. The molecule has 0 aliphatic carbocycles. The molecule has 10 nitrogen and oxygen atoms in total. The van der Waals surface area contributed by atoms with Crippen LogP contribution in [0.4, 0.5) is 16.3 Å². The minimum absolute atomic E-state index is 0.255. The van der Waals surface area contributed by atoms with Gasteiger partial charge in [-0.25, -0.2) is 4.79 Å². The molecule has 3 aromatic rings. The Hall–Kier alpha value is -3.94. The van der Waals surface area contributed by atoms with Crippen LogP contribution in [0, 0.1) is 11.3 Å². The quantitative estimate of drug-likeness (QED) is 0.510. The second kappa shape index (κ2) is 10.6. The van der Waals surface area contributed by atoms with Crippen LogP contribution in [0.25, 0.3) is 10.9 Å². The number of aromatic nitrogens is 2. The van der Waals surface area contributed by atoms with Crippen LogP contribution < -0.4 is 15.1 Å². The molecule has 0 saturated carbocycles. The van der Waals surface area contributed by atoms with E-state index in [1.807, 2.05) is 42.1 Å². The van der Waals surface area contributed by atoms with Crippen molar-refractivity contribution in [2.75, 3.05) is 49.1 Å². The third-order valence-corrected chi connectivity index (χ3v) is 8.80. The van der Waals surface area contributed by atoms with Gasteiger partial charge in [-0.05, 0) is 74.5 Å². The number of para-hydroxylation sites is 1. The summed E-state index contributed by atoms with van der Waals surface area (Å²) in [4.78, 5) is 30.1. The molecule has 3 saturated heterocycles. The Bertz CT molecular complexity index is 1480. The zero-order valence-corrected chi connectivity index (χ0v) is 22.8. The monoisotopic (exact) mass is 541 g/mol. The molecule has 3 amide bonds. The number of nitrogens with zero attached hydrogens (tertiary/aromatic N) is 6. The second-order valence-corrected chi connectivity index (χ2v) is 11.4. The van der Waals surface area contributed by atoms with Gasteiger partial charge in [0, 0.05) is 45.0 Å². The molecule has 0 spiro atoms. The lowest BCUT2D eigenvalue weighted by Crippen LogP contribution is -2.52. The van der Waals surface area contributed by atoms with Gasteiger partial charge in [0.15, 0.2) is 5.82 Å². The largest absolute Gasteiger partial charge is 0.388 e. The van der Waals surface area contributed by atoms with Crippen molar-refractivity contribution in [1.29, 1.82) is 5.26 Å². The van der Waals surface area contributed by atoms with Gasteiger partial charge in [0.05, 0.1) is 22.4 Å².